The number of rotatable bonds is 6. The van der Waals surface area contributed by atoms with Gasteiger partial charge in [0.15, 0.2) is 6.61 Å². The second kappa shape index (κ2) is 7.08. The Morgan fingerprint density at radius 2 is 2.10 bits per heavy atom. The Hall–Kier alpha value is -2.08. The SMILES string of the molecule is CCC1OCCC1C(=O)Nc1ccc(OCC(=O)O)cc1. The van der Waals surface area contributed by atoms with E-state index in [0.29, 0.717) is 18.0 Å². The second-order valence-corrected chi connectivity index (χ2v) is 4.91. The summed E-state index contributed by atoms with van der Waals surface area (Å²) in [5.74, 6) is -0.734. The van der Waals surface area contributed by atoms with Crippen molar-refractivity contribution >= 4 is 17.6 Å². The summed E-state index contributed by atoms with van der Waals surface area (Å²) in [6.45, 7) is 2.24. The van der Waals surface area contributed by atoms with E-state index in [-0.39, 0.29) is 24.5 Å². The van der Waals surface area contributed by atoms with E-state index >= 15 is 0 Å². The number of ether oxygens (including phenoxy) is 2. The first-order valence-corrected chi connectivity index (χ1v) is 6.97. The molecular formula is C15H19NO5. The third kappa shape index (κ3) is 4.19. The van der Waals surface area contributed by atoms with Crippen molar-refractivity contribution in [3.05, 3.63) is 24.3 Å². The van der Waals surface area contributed by atoms with Crippen molar-refractivity contribution in [3.63, 3.8) is 0 Å². The third-order valence-corrected chi connectivity index (χ3v) is 3.43. The average Bonchev–Trinajstić information content (AvgIpc) is 2.95. The molecule has 2 unspecified atom stereocenters. The predicted molar refractivity (Wildman–Crippen MR) is 76.3 cm³/mol. The molecule has 1 aromatic rings. The van der Waals surface area contributed by atoms with Crippen molar-refractivity contribution in [2.45, 2.75) is 25.9 Å². The smallest absolute Gasteiger partial charge is 0.341 e. The number of hydrogen-bond donors (Lipinski definition) is 2. The number of nitrogens with one attached hydrogen (secondary N) is 1. The molecule has 6 heteroatoms. The highest BCUT2D eigenvalue weighted by molar-refractivity contribution is 5.93. The molecule has 0 saturated carbocycles. The zero-order chi connectivity index (χ0) is 15.2. The lowest BCUT2D eigenvalue weighted by atomic mass is 9.98. The van der Waals surface area contributed by atoms with Crippen LogP contribution in [0.3, 0.4) is 0 Å². The van der Waals surface area contributed by atoms with Crippen LogP contribution in [0, 0.1) is 5.92 Å². The van der Waals surface area contributed by atoms with Crippen molar-refractivity contribution in [1.29, 1.82) is 0 Å². The Morgan fingerprint density at radius 3 is 2.71 bits per heavy atom. The molecule has 0 radical (unpaired) electrons. The molecular weight excluding hydrogens is 274 g/mol. The highest BCUT2D eigenvalue weighted by Gasteiger charge is 2.32. The van der Waals surface area contributed by atoms with Crippen molar-refractivity contribution in [1.82, 2.24) is 0 Å². The highest BCUT2D eigenvalue weighted by atomic mass is 16.5. The van der Waals surface area contributed by atoms with Gasteiger partial charge in [-0.2, -0.15) is 0 Å². The minimum Gasteiger partial charge on any atom is -0.482 e. The van der Waals surface area contributed by atoms with Gasteiger partial charge in [0.2, 0.25) is 5.91 Å². The van der Waals surface area contributed by atoms with Crippen molar-refractivity contribution < 1.29 is 24.2 Å². The van der Waals surface area contributed by atoms with E-state index in [2.05, 4.69) is 5.32 Å². The summed E-state index contributed by atoms with van der Waals surface area (Å²) in [6, 6.07) is 6.62. The van der Waals surface area contributed by atoms with Gasteiger partial charge in [-0.1, -0.05) is 6.92 Å². The number of carbonyl (C=O) groups is 2. The van der Waals surface area contributed by atoms with Crippen LogP contribution >= 0.6 is 0 Å². The number of aliphatic carboxylic acids is 1. The van der Waals surface area contributed by atoms with E-state index in [4.69, 9.17) is 14.6 Å². The molecule has 1 amide bonds. The Balaban J connectivity index is 1.90. The molecule has 1 aliphatic heterocycles. The van der Waals surface area contributed by atoms with Gasteiger partial charge in [-0.05, 0) is 37.1 Å². The van der Waals surface area contributed by atoms with Crippen LogP contribution in [-0.4, -0.2) is 36.3 Å². The van der Waals surface area contributed by atoms with Crippen LogP contribution in [0.15, 0.2) is 24.3 Å². The molecule has 2 rings (SSSR count). The fraction of sp³-hybridized carbons (Fsp3) is 0.467. The monoisotopic (exact) mass is 293 g/mol. The number of carboxylic acids is 1. The summed E-state index contributed by atoms with van der Waals surface area (Å²) in [5.41, 5.74) is 0.657. The van der Waals surface area contributed by atoms with Crippen LogP contribution in [0.4, 0.5) is 5.69 Å². The number of carbonyl (C=O) groups excluding carboxylic acids is 1. The van der Waals surface area contributed by atoms with Crippen LogP contribution in [0.1, 0.15) is 19.8 Å². The maximum Gasteiger partial charge on any atom is 0.341 e. The topological polar surface area (TPSA) is 84.9 Å². The van der Waals surface area contributed by atoms with Gasteiger partial charge >= 0.3 is 5.97 Å². The summed E-state index contributed by atoms with van der Waals surface area (Å²) in [6.07, 6.45) is 1.55. The first-order valence-electron chi connectivity index (χ1n) is 6.97. The van der Waals surface area contributed by atoms with Crippen LogP contribution in [0.5, 0.6) is 5.75 Å². The molecule has 1 fully saturated rings. The van der Waals surface area contributed by atoms with Crippen LogP contribution in [0.25, 0.3) is 0 Å². The lowest BCUT2D eigenvalue weighted by Gasteiger charge is -2.16. The van der Waals surface area contributed by atoms with Gasteiger partial charge in [-0.15, -0.1) is 0 Å². The Labute approximate surface area is 123 Å². The molecule has 2 atom stereocenters. The standard InChI is InChI=1S/C15H19NO5/c1-2-13-12(7-8-20-13)15(19)16-10-3-5-11(6-4-10)21-9-14(17)18/h3-6,12-13H,2,7-9H2,1H3,(H,16,19)(H,17,18). The fourth-order valence-corrected chi connectivity index (χ4v) is 2.37. The first-order chi connectivity index (χ1) is 10.1. The summed E-state index contributed by atoms with van der Waals surface area (Å²) < 4.78 is 10.5. The van der Waals surface area contributed by atoms with Gasteiger partial charge in [-0.3, -0.25) is 4.79 Å². The Morgan fingerprint density at radius 1 is 1.38 bits per heavy atom. The van der Waals surface area contributed by atoms with Gasteiger partial charge in [0.05, 0.1) is 12.0 Å². The highest BCUT2D eigenvalue weighted by Crippen LogP contribution is 2.25. The van der Waals surface area contributed by atoms with Crippen molar-refractivity contribution in [3.8, 4) is 5.75 Å². The molecule has 0 spiro atoms. The van der Waals surface area contributed by atoms with E-state index in [1.54, 1.807) is 24.3 Å². The average molecular weight is 293 g/mol. The molecule has 0 bridgehead atoms. The summed E-state index contributed by atoms with van der Waals surface area (Å²) >= 11 is 0. The normalized spacial score (nSPS) is 21.0. The molecule has 6 nitrogen and oxygen atoms in total. The quantitative estimate of drug-likeness (QED) is 0.837. The number of amides is 1. The number of carboxylic acid groups (broad SMARTS) is 1. The van der Waals surface area contributed by atoms with Crippen molar-refractivity contribution in [2.24, 2.45) is 5.92 Å². The maximum atomic E-state index is 12.2. The van der Waals surface area contributed by atoms with Crippen LogP contribution in [-0.2, 0) is 14.3 Å². The Bertz CT molecular complexity index is 499. The summed E-state index contributed by atoms with van der Waals surface area (Å²) in [4.78, 5) is 22.6. The van der Waals surface area contributed by atoms with Gasteiger partial charge in [0.1, 0.15) is 5.75 Å². The van der Waals surface area contributed by atoms with E-state index in [1.807, 2.05) is 6.92 Å². The summed E-state index contributed by atoms with van der Waals surface area (Å²) in [5, 5.41) is 11.4. The minimum absolute atomic E-state index is 0.0110. The van der Waals surface area contributed by atoms with Gasteiger partial charge in [-0.25, -0.2) is 4.79 Å². The number of hydrogen-bond acceptors (Lipinski definition) is 4. The molecule has 1 aromatic carbocycles. The molecule has 2 N–H and O–H groups in total. The minimum atomic E-state index is -1.03. The molecule has 114 valence electrons. The molecule has 21 heavy (non-hydrogen) atoms. The lowest BCUT2D eigenvalue weighted by molar-refractivity contribution is -0.139. The van der Waals surface area contributed by atoms with E-state index < -0.39 is 5.97 Å². The zero-order valence-electron chi connectivity index (χ0n) is 11.9. The number of anilines is 1. The summed E-state index contributed by atoms with van der Waals surface area (Å²) in [7, 11) is 0. The largest absolute Gasteiger partial charge is 0.482 e. The molecule has 0 aliphatic carbocycles. The van der Waals surface area contributed by atoms with E-state index in [1.165, 1.54) is 0 Å². The van der Waals surface area contributed by atoms with Crippen LogP contribution in [0.2, 0.25) is 0 Å². The van der Waals surface area contributed by atoms with Crippen molar-refractivity contribution in [2.75, 3.05) is 18.5 Å². The number of benzene rings is 1. The second-order valence-electron chi connectivity index (χ2n) is 4.91. The molecule has 1 aliphatic rings. The van der Waals surface area contributed by atoms with Gasteiger partial charge in [0.25, 0.3) is 0 Å². The van der Waals surface area contributed by atoms with Gasteiger partial charge < -0.3 is 19.9 Å². The van der Waals surface area contributed by atoms with E-state index in [0.717, 1.165) is 12.8 Å². The van der Waals surface area contributed by atoms with Crippen LogP contribution < -0.4 is 10.1 Å². The molecule has 1 saturated heterocycles. The lowest BCUT2D eigenvalue weighted by Crippen LogP contribution is -2.29. The fourth-order valence-electron chi connectivity index (χ4n) is 2.37. The third-order valence-electron chi connectivity index (χ3n) is 3.43. The first kappa shape index (κ1) is 15.3. The Kier molecular flexibility index (Phi) is 5.16. The van der Waals surface area contributed by atoms with E-state index in [9.17, 15) is 9.59 Å². The zero-order valence-corrected chi connectivity index (χ0v) is 11.9. The molecule has 1 heterocycles. The predicted octanol–water partition coefficient (Wildman–Crippen LogP) is 1.90. The molecule has 0 aromatic heterocycles. The maximum absolute atomic E-state index is 12.2. The van der Waals surface area contributed by atoms with Gasteiger partial charge in [0, 0.05) is 12.3 Å².